The molecule has 0 spiro atoms. The first-order chi connectivity index (χ1) is 9.56. The van der Waals surface area contributed by atoms with Crippen LogP contribution in [-0.4, -0.2) is 30.9 Å². The van der Waals surface area contributed by atoms with Gasteiger partial charge in [0.1, 0.15) is 0 Å². The molecule has 1 aromatic carbocycles. The van der Waals surface area contributed by atoms with Crippen LogP contribution in [0.5, 0.6) is 0 Å². The number of para-hydroxylation sites is 1. The molecular weight excluding hydrogens is 248 g/mol. The number of anilines is 1. The van der Waals surface area contributed by atoms with Crippen molar-refractivity contribution in [2.24, 2.45) is 5.92 Å². The third-order valence-corrected chi connectivity index (χ3v) is 4.36. The van der Waals surface area contributed by atoms with Crippen molar-refractivity contribution in [3.05, 3.63) is 29.3 Å². The second kappa shape index (κ2) is 6.89. The highest BCUT2D eigenvalue weighted by Crippen LogP contribution is 2.23. The van der Waals surface area contributed by atoms with Crippen molar-refractivity contribution < 1.29 is 4.79 Å². The van der Waals surface area contributed by atoms with E-state index in [0.717, 1.165) is 29.2 Å². The maximum Gasteiger partial charge on any atom is 0.224 e. The summed E-state index contributed by atoms with van der Waals surface area (Å²) in [5.74, 6) is 0.872. The standard InChI is InChI=1S/C17H26N2O/c1-13-5-4-6-14(2)17(13)18-16(20)8-7-15-9-11-19(3)12-10-15/h4-6,15H,7-12H2,1-3H3,(H,18,20). The lowest BCUT2D eigenvalue weighted by molar-refractivity contribution is -0.116. The SMILES string of the molecule is Cc1cccc(C)c1NC(=O)CCC1CCN(C)CC1. The van der Waals surface area contributed by atoms with Gasteiger partial charge in [-0.3, -0.25) is 4.79 Å². The summed E-state index contributed by atoms with van der Waals surface area (Å²) in [5.41, 5.74) is 3.26. The van der Waals surface area contributed by atoms with Crippen LogP contribution < -0.4 is 5.32 Å². The molecule has 20 heavy (non-hydrogen) atoms. The van der Waals surface area contributed by atoms with Gasteiger partial charge < -0.3 is 10.2 Å². The molecule has 1 aliphatic rings. The van der Waals surface area contributed by atoms with Crippen molar-refractivity contribution in [2.75, 3.05) is 25.5 Å². The number of nitrogens with one attached hydrogen (secondary N) is 1. The first-order valence-electron chi connectivity index (χ1n) is 7.61. The van der Waals surface area contributed by atoms with E-state index in [0.29, 0.717) is 6.42 Å². The van der Waals surface area contributed by atoms with E-state index >= 15 is 0 Å². The molecule has 1 saturated heterocycles. The maximum atomic E-state index is 12.1. The van der Waals surface area contributed by atoms with Crippen molar-refractivity contribution in [1.82, 2.24) is 4.90 Å². The van der Waals surface area contributed by atoms with E-state index in [2.05, 4.69) is 17.3 Å². The predicted molar refractivity (Wildman–Crippen MR) is 84.0 cm³/mol. The van der Waals surface area contributed by atoms with Crippen LogP contribution in [0, 0.1) is 19.8 Å². The molecule has 0 aliphatic carbocycles. The van der Waals surface area contributed by atoms with E-state index < -0.39 is 0 Å². The van der Waals surface area contributed by atoms with Crippen LogP contribution >= 0.6 is 0 Å². The molecule has 0 atom stereocenters. The number of benzene rings is 1. The smallest absolute Gasteiger partial charge is 0.224 e. The van der Waals surface area contributed by atoms with Gasteiger partial charge in [0.2, 0.25) is 5.91 Å². The molecular formula is C17H26N2O. The first kappa shape index (κ1) is 15.0. The Bertz CT molecular complexity index is 442. The monoisotopic (exact) mass is 274 g/mol. The molecule has 1 fully saturated rings. The van der Waals surface area contributed by atoms with Gasteiger partial charge in [-0.05, 0) is 70.3 Å². The van der Waals surface area contributed by atoms with Gasteiger partial charge in [0.25, 0.3) is 0 Å². The predicted octanol–water partition coefficient (Wildman–Crippen LogP) is 3.36. The van der Waals surface area contributed by atoms with Crippen LogP contribution in [0.3, 0.4) is 0 Å². The minimum Gasteiger partial charge on any atom is -0.326 e. The molecule has 110 valence electrons. The second-order valence-electron chi connectivity index (χ2n) is 6.10. The largest absolute Gasteiger partial charge is 0.326 e. The molecule has 0 aromatic heterocycles. The van der Waals surface area contributed by atoms with Gasteiger partial charge in [0.15, 0.2) is 0 Å². The Hall–Kier alpha value is -1.35. The number of aryl methyl sites for hydroxylation is 2. The zero-order valence-corrected chi connectivity index (χ0v) is 12.9. The van der Waals surface area contributed by atoms with Crippen LogP contribution in [0.4, 0.5) is 5.69 Å². The lowest BCUT2D eigenvalue weighted by Gasteiger charge is -2.28. The Morgan fingerprint density at radius 1 is 1.25 bits per heavy atom. The van der Waals surface area contributed by atoms with Gasteiger partial charge in [0, 0.05) is 12.1 Å². The molecule has 0 bridgehead atoms. The number of amides is 1. The van der Waals surface area contributed by atoms with E-state index in [1.807, 2.05) is 32.0 Å². The van der Waals surface area contributed by atoms with Crippen molar-refractivity contribution in [3.63, 3.8) is 0 Å². The van der Waals surface area contributed by atoms with Crippen molar-refractivity contribution in [2.45, 2.75) is 39.5 Å². The molecule has 0 radical (unpaired) electrons. The first-order valence-corrected chi connectivity index (χ1v) is 7.61. The summed E-state index contributed by atoms with van der Waals surface area (Å²) in [5, 5.41) is 3.08. The fourth-order valence-corrected chi connectivity index (χ4v) is 2.90. The maximum absolute atomic E-state index is 12.1. The molecule has 1 aliphatic heterocycles. The summed E-state index contributed by atoms with van der Waals surface area (Å²) in [4.78, 5) is 14.5. The third kappa shape index (κ3) is 4.07. The van der Waals surface area contributed by atoms with Gasteiger partial charge in [0.05, 0.1) is 0 Å². The zero-order chi connectivity index (χ0) is 14.5. The minimum atomic E-state index is 0.154. The number of hydrogen-bond donors (Lipinski definition) is 1. The zero-order valence-electron chi connectivity index (χ0n) is 12.9. The molecule has 1 amide bonds. The lowest BCUT2D eigenvalue weighted by atomic mass is 9.92. The van der Waals surface area contributed by atoms with Crippen LogP contribution in [0.2, 0.25) is 0 Å². The summed E-state index contributed by atoms with van der Waals surface area (Å²) < 4.78 is 0. The molecule has 3 heteroatoms. The molecule has 0 saturated carbocycles. The number of rotatable bonds is 4. The topological polar surface area (TPSA) is 32.3 Å². The van der Waals surface area contributed by atoms with E-state index in [4.69, 9.17) is 0 Å². The van der Waals surface area contributed by atoms with E-state index in [9.17, 15) is 4.79 Å². The molecule has 0 unspecified atom stereocenters. The average Bonchev–Trinajstić information content (AvgIpc) is 2.42. The highest BCUT2D eigenvalue weighted by Gasteiger charge is 2.17. The quantitative estimate of drug-likeness (QED) is 0.913. The molecule has 1 N–H and O–H groups in total. The fourth-order valence-electron chi connectivity index (χ4n) is 2.90. The normalized spacial score (nSPS) is 17.1. The Balaban J connectivity index is 1.81. The molecule has 1 heterocycles. The Kier molecular flexibility index (Phi) is 5.18. The summed E-state index contributed by atoms with van der Waals surface area (Å²) >= 11 is 0. The van der Waals surface area contributed by atoms with E-state index in [1.54, 1.807) is 0 Å². The van der Waals surface area contributed by atoms with Crippen LogP contribution in [-0.2, 0) is 4.79 Å². The number of hydrogen-bond acceptors (Lipinski definition) is 2. The van der Waals surface area contributed by atoms with Crippen LogP contribution in [0.25, 0.3) is 0 Å². The molecule has 3 nitrogen and oxygen atoms in total. The molecule has 2 rings (SSSR count). The number of carbonyl (C=O) groups excluding carboxylic acids is 1. The lowest BCUT2D eigenvalue weighted by Crippen LogP contribution is -2.30. The molecule has 1 aromatic rings. The van der Waals surface area contributed by atoms with Gasteiger partial charge >= 0.3 is 0 Å². The van der Waals surface area contributed by atoms with Crippen LogP contribution in [0.1, 0.15) is 36.8 Å². The number of likely N-dealkylation sites (tertiary alicyclic amines) is 1. The number of piperidine rings is 1. The van der Waals surface area contributed by atoms with Gasteiger partial charge in [-0.1, -0.05) is 18.2 Å². The third-order valence-electron chi connectivity index (χ3n) is 4.36. The van der Waals surface area contributed by atoms with Gasteiger partial charge in [-0.2, -0.15) is 0 Å². The average molecular weight is 274 g/mol. The Morgan fingerprint density at radius 3 is 2.45 bits per heavy atom. The Morgan fingerprint density at radius 2 is 1.85 bits per heavy atom. The highest BCUT2D eigenvalue weighted by molar-refractivity contribution is 5.92. The highest BCUT2D eigenvalue weighted by atomic mass is 16.1. The summed E-state index contributed by atoms with van der Waals surface area (Å²) in [6.45, 7) is 6.42. The van der Waals surface area contributed by atoms with Crippen molar-refractivity contribution >= 4 is 11.6 Å². The number of nitrogens with zero attached hydrogens (tertiary/aromatic N) is 1. The van der Waals surface area contributed by atoms with Gasteiger partial charge in [-0.15, -0.1) is 0 Å². The van der Waals surface area contributed by atoms with Crippen molar-refractivity contribution in [1.29, 1.82) is 0 Å². The second-order valence-corrected chi connectivity index (χ2v) is 6.10. The van der Waals surface area contributed by atoms with Gasteiger partial charge in [-0.25, -0.2) is 0 Å². The van der Waals surface area contributed by atoms with Crippen molar-refractivity contribution in [3.8, 4) is 0 Å². The fraction of sp³-hybridized carbons (Fsp3) is 0.588. The van der Waals surface area contributed by atoms with E-state index in [-0.39, 0.29) is 5.91 Å². The Labute approximate surface area is 122 Å². The number of carbonyl (C=O) groups is 1. The minimum absolute atomic E-state index is 0.154. The summed E-state index contributed by atoms with van der Waals surface area (Å²) in [6.07, 6.45) is 4.12. The van der Waals surface area contributed by atoms with E-state index in [1.165, 1.54) is 25.9 Å². The van der Waals surface area contributed by atoms with Crippen LogP contribution in [0.15, 0.2) is 18.2 Å². The summed E-state index contributed by atoms with van der Waals surface area (Å²) in [7, 11) is 2.17. The summed E-state index contributed by atoms with van der Waals surface area (Å²) in [6, 6.07) is 6.11.